The summed E-state index contributed by atoms with van der Waals surface area (Å²) in [5, 5.41) is 4.51. The van der Waals surface area contributed by atoms with Gasteiger partial charge in [0.2, 0.25) is 5.88 Å². The largest absolute Gasteiger partial charge is 0.470 e. The number of aromatic nitrogens is 3. The normalized spacial score (nSPS) is 11.7. The fraction of sp³-hybridized carbons (Fsp3) is 0.467. The molecule has 108 valence electrons. The number of ether oxygens (including phenoxy) is 1. The predicted molar refractivity (Wildman–Crippen MR) is 80.4 cm³/mol. The van der Waals surface area contributed by atoms with E-state index >= 15 is 0 Å². The Balaban J connectivity index is 2.48. The Hall–Kier alpha value is -2.04. The molecule has 0 saturated heterocycles. The minimum absolute atomic E-state index is 0.343. The third kappa shape index (κ3) is 2.76. The Kier molecular flexibility index (Phi) is 3.46. The molecule has 0 saturated carbocycles. The molecule has 20 heavy (non-hydrogen) atoms. The van der Waals surface area contributed by atoms with Gasteiger partial charge in [0.15, 0.2) is 5.82 Å². The zero-order valence-electron chi connectivity index (χ0n) is 13.0. The molecule has 0 amide bonds. The maximum atomic E-state index is 5.93. The van der Waals surface area contributed by atoms with Gasteiger partial charge < -0.3 is 10.5 Å². The molecule has 5 nitrogen and oxygen atoms in total. The summed E-state index contributed by atoms with van der Waals surface area (Å²) < 4.78 is 7.61. The van der Waals surface area contributed by atoms with E-state index in [2.05, 4.69) is 17.0 Å². The van der Waals surface area contributed by atoms with Crippen LogP contribution in [0.25, 0.3) is 5.82 Å². The molecule has 0 bridgehead atoms. The summed E-state index contributed by atoms with van der Waals surface area (Å²) >= 11 is 0. The summed E-state index contributed by atoms with van der Waals surface area (Å²) in [5.74, 6) is 1.16. The lowest BCUT2D eigenvalue weighted by atomic mass is 10.2. The van der Waals surface area contributed by atoms with Crippen LogP contribution in [0.5, 0.6) is 5.88 Å². The molecule has 2 aromatic heterocycles. The average Bonchev–Trinajstić information content (AvgIpc) is 2.58. The zero-order valence-corrected chi connectivity index (χ0v) is 13.0. The molecule has 0 atom stereocenters. The molecule has 0 fully saturated rings. The van der Waals surface area contributed by atoms with Gasteiger partial charge in [0.05, 0.1) is 11.4 Å². The number of anilines is 1. The number of hydrogen-bond acceptors (Lipinski definition) is 4. The molecule has 0 spiro atoms. The van der Waals surface area contributed by atoms with E-state index in [4.69, 9.17) is 10.5 Å². The molecule has 0 aliphatic rings. The first-order valence-electron chi connectivity index (χ1n) is 6.68. The van der Waals surface area contributed by atoms with Crippen molar-refractivity contribution in [1.29, 1.82) is 0 Å². The van der Waals surface area contributed by atoms with Gasteiger partial charge in [-0.05, 0) is 59.2 Å². The fourth-order valence-electron chi connectivity index (χ4n) is 1.87. The molecule has 0 unspecified atom stereocenters. The smallest absolute Gasteiger partial charge is 0.239 e. The van der Waals surface area contributed by atoms with E-state index in [1.165, 1.54) is 5.56 Å². The summed E-state index contributed by atoms with van der Waals surface area (Å²) in [4.78, 5) is 4.50. The van der Waals surface area contributed by atoms with Gasteiger partial charge in [-0.15, -0.1) is 0 Å². The van der Waals surface area contributed by atoms with Gasteiger partial charge in [-0.1, -0.05) is 0 Å². The van der Waals surface area contributed by atoms with Crippen LogP contribution in [0.1, 0.15) is 37.7 Å². The Bertz CT molecular complexity index is 638. The SMILES string of the molecule is Cc1nn(-c2ccc(N)c(OC(C)(C)C)n2)c(C)c1C. The van der Waals surface area contributed by atoms with Crippen molar-refractivity contribution in [3.8, 4) is 11.7 Å². The summed E-state index contributed by atoms with van der Waals surface area (Å²) in [5.41, 5.74) is 9.36. The Morgan fingerprint density at radius 2 is 1.80 bits per heavy atom. The van der Waals surface area contributed by atoms with Gasteiger partial charge in [0.25, 0.3) is 0 Å². The zero-order chi connectivity index (χ0) is 15.1. The Morgan fingerprint density at radius 1 is 1.15 bits per heavy atom. The average molecular weight is 274 g/mol. The van der Waals surface area contributed by atoms with Crippen LogP contribution in [-0.4, -0.2) is 20.4 Å². The van der Waals surface area contributed by atoms with E-state index in [1.54, 1.807) is 6.07 Å². The molecule has 2 N–H and O–H groups in total. The summed E-state index contributed by atoms with van der Waals surface area (Å²) in [6, 6.07) is 3.65. The highest BCUT2D eigenvalue weighted by atomic mass is 16.5. The van der Waals surface area contributed by atoms with Crippen LogP contribution in [0.2, 0.25) is 0 Å². The number of nitrogen functional groups attached to an aromatic ring is 1. The van der Waals surface area contributed by atoms with E-state index in [0.29, 0.717) is 17.4 Å². The molecule has 0 radical (unpaired) electrons. The molecule has 2 heterocycles. The van der Waals surface area contributed by atoms with E-state index in [1.807, 2.05) is 45.4 Å². The summed E-state index contributed by atoms with van der Waals surface area (Å²) in [6.07, 6.45) is 0. The van der Waals surface area contributed by atoms with Gasteiger partial charge in [-0.3, -0.25) is 0 Å². The number of nitrogens with two attached hydrogens (primary N) is 1. The number of aryl methyl sites for hydroxylation is 1. The van der Waals surface area contributed by atoms with Gasteiger partial charge in [0, 0.05) is 5.69 Å². The van der Waals surface area contributed by atoms with Gasteiger partial charge in [-0.2, -0.15) is 10.1 Å². The minimum atomic E-state index is -0.343. The number of rotatable bonds is 2. The first-order chi connectivity index (χ1) is 9.19. The Morgan fingerprint density at radius 3 is 2.30 bits per heavy atom. The van der Waals surface area contributed by atoms with Crippen LogP contribution in [0.3, 0.4) is 0 Å². The molecule has 2 rings (SSSR count). The lowest BCUT2D eigenvalue weighted by Crippen LogP contribution is -2.24. The standard InChI is InChI=1S/C15H22N4O/c1-9-10(2)18-19(11(9)3)13-8-7-12(16)14(17-13)20-15(4,5)6/h7-8H,16H2,1-6H3. The number of hydrogen-bond donors (Lipinski definition) is 1. The molecule has 5 heteroatoms. The molecular formula is C15H22N4O. The topological polar surface area (TPSA) is 66.0 Å². The lowest BCUT2D eigenvalue weighted by molar-refractivity contribution is 0.125. The van der Waals surface area contributed by atoms with Crippen LogP contribution in [0.4, 0.5) is 5.69 Å². The fourth-order valence-corrected chi connectivity index (χ4v) is 1.87. The highest BCUT2D eigenvalue weighted by Gasteiger charge is 2.17. The van der Waals surface area contributed by atoms with E-state index in [9.17, 15) is 0 Å². The van der Waals surface area contributed by atoms with Crippen molar-refractivity contribution in [2.75, 3.05) is 5.73 Å². The number of nitrogens with zero attached hydrogens (tertiary/aromatic N) is 3. The quantitative estimate of drug-likeness (QED) is 0.914. The monoisotopic (exact) mass is 274 g/mol. The molecule has 2 aromatic rings. The van der Waals surface area contributed by atoms with Crippen molar-refractivity contribution < 1.29 is 4.74 Å². The second-order valence-electron chi connectivity index (χ2n) is 5.99. The maximum absolute atomic E-state index is 5.93. The highest BCUT2D eigenvalue weighted by molar-refractivity contribution is 5.51. The molecular weight excluding hydrogens is 252 g/mol. The van der Waals surface area contributed by atoms with Crippen molar-refractivity contribution >= 4 is 5.69 Å². The van der Waals surface area contributed by atoms with Crippen molar-refractivity contribution in [3.05, 3.63) is 29.1 Å². The van der Waals surface area contributed by atoms with E-state index in [0.717, 1.165) is 11.4 Å². The molecule has 0 aliphatic heterocycles. The highest BCUT2D eigenvalue weighted by Crippen LogP contribution is 2.25. The van der Waals surface area contributed by atoms with Gasteiger partial charge in [-0.25, -0.2) is 4.68 Å². The van der Waals surface area contributed by atoms with Gasteiger partial charge >= 0.3 is 0 Å². The van der Waals surface area contributed by atoms with Crippen LogP contribution < -0.4 is 10.5 Å². The summed E-state index contributed by atoms with van der Waals surface area (Å²) in [6.45, 7) is 12.0. The predicted octanol–water partition coefficient (Wildman–Crippen LogP) is 2.95. The minimum Gasteiger partial charge on any atom is -0.470 e. The van der Waals surface area contributed by atoms with E-state index in [-0.39, 0.29) is 5.60 Å². The first-order valence-corrected chi connectivity index (χ1v) is 6.68. The maximum Gasteiger partial charge on any atom is 0.239 e. The van der Waals surface area contributed by atoms with Crippen LogP contribution in [0, 0.1) is 20.8 Å². The summed E-state index contributed by atoms with van der Waals surface area (Å²) in [7, 11) is 0. The molecule has 0 aliphatic carbocycles. The van der Waals surface area contributed by atoms with Crippen molar-refractivity contribution in [2.45, 2.75) is 47.1 Å². The van der Waals surface area contributed by atoms with Gasteiger partial charge in [0.1, 0.15) is 5.60 Å². The van der Waals surface area contributed by atoms with E-state index < -0.39 is 0 Å². The lowest BCUT2D eigenvalue weighted by Gasteiger charge is -2.21. The van der Waals surface area contributed by atoms with Crippen molar-refractivity contribution in [3.63, 3.8) is 0 Å². The first kappa shape index (κ1) is 14.4. The number of pyridine rings is 1. The van der Waals surface area contributed by atoms with Crippen molar-refractivity contribution in [1.82, 2.24) is 14.8 Å². The Labute approximate surface area is 119 Å². The third-order valence-electron chi connectivity index (χ3n) is 3.15. The second kappa shape index (κ2) is 4.81. The van der Waals surface area contributed by atoms with Crippen LogP contribution in [0.15, 0.2) is 12.1 Å². The molecule has 0 aromatic carbocycles. The third-order valence-corrected chi connectivity index (χ3v) is 3.15. The van der Waals surface area contributed by atoms with Crippen molar-refractivity contribution in [2.24, 2.45) is 0 Å². The van der Waals surface area contributed by atoms with Crippen LogP contribution in [-0.2, 0) is 0 Å². The second-order valence-corrected chi connectivity index (χ2v) is 5.99. The van der Waals surface area contributed by atoms with Crippen LogP contribution >= 0.6 is 0 Å².